The highest BCUT2D eigenvalue weighted by Gasteiger charge is 2.45. The maximum atomic E-state index is 13.2. The third-order valence-corrected chi connectivity index (χ3v) is 7.43. The van der Waals surface area contributed by atoms with Crippen LogP contribution < -0.4 is 4.90 Å². The number of benzene rings is 1. The molecule has 1 aromatic carbocycles. The lowest BCUT2D eigenvalue weighted by Crippen LogP contribution is -2.49. The van der Waals surface area contributed by atoms with E-state index in [1.165, 1.54) is 4.31 Å². The summed E-state index contributed by atoms with van der Waals surface area (Å²) in [6.07, 6.45) is 1.47. The lowest BCUT2D eigenvalue weighted by Gasteiger charge is -2.33. The van der Waals surface area contributed by atoms with Crippen LogP contribution >= 0.6 is 0 Å². The minimum atomic E-state index is -3.65. The van der Waals surface area contributed by atoms with Crippen LogP contribution in [-0.4, -0.2) is 89.7 Å². The van der Waals surface area contributed by atoms with Crippen LogP contribution in [0.4, 0.5) is 5.69 Å². The van der Waals surface area contributed by atoms with Crippen molar-refractivity contribution in [1.82, 2.24) is 9.21 Å². The molecule has 1 amide bonds. The summed E-state index contributed by atoms with van der Waals surface area (Å²) in [5.41, 5.74) is 0.614. The van der Waals surface area contributed by atoms with Gasteiger partial charge in [-0.2, -0.15) is 4.31 Å². The average Bonchev–Trinajstić information content (AvgIpc) is 3.08. The van der Waals surface area contributed by atoms with Gasteiger partial charge in [0.2, 0.25) is 15.9 Å². The fraction of sp³-hybridized carbons (Fsp3) is 0.632. The van der Waals surface area contributed by atoms with Crippen molar-refractivity contribution >= 4 is 21.6 Å². The summed E-state index contributed by atoms with van der Waals surface area (Å²) < 4.78 is 38.2. The first kappa shape index (κ1) is 21.0. The molecular formula is C19H29N3O5S. The molecule has 1 aromatic rings. The molecule has 1 fully saturated rings. The zero-order valence-electron chi connectivity index (χ0n) is 16.7. The number of ether oxygens (including phenoxy) is 2. The first-order valence-corrected chi connectivity index (χ1v) is 11.0. The lowest BCUT2D eigenvalue weighted by atomic mass is 10.1. The van der Waals surface area contributed by atoms with Crippen LogP contribution in [0.15, 0.2) is 29.2 Å². The summed E-state index contributed by atoms with van der Waals surface area (Å²) >= 11 is 0. The molecule has 0 saturated carbocycles. The molecule has 2 aliphatic rings. The molecule has 2 heterocycles. The highest BCUT2D eigenvalue weighted by Crippen LogP contribution is 2.40. The second kappa shape index (κ2) is 8.77. The summed E-state index contributed by atoms with van der Waals surface area (Å²) in [5.74, 6) is -0.00269. The number of sulfonamides is 1. The number of rotatable bonds is 7. The van der Waals surface area contributed by atoms with Crippen molar-refractivity contribution in [1.29, 1.82) is 0 Å². The van der Waals surface area contributed by atoms with Crippen molar-refractivity contribution in [2.24, 2.45) is 0 Å². The molecule has 1 saturated heterocycles. The largest absolute Gasteiger partial charge is 0.383 e. The van der Waals surface area contributed by atoms with E-state index in [1.807, 2.05) is 11.0 Å². The molecule has 0 aliphatic carbocycles. The van der Waals surface area contributed by atoms with Crippen LogP contribution in [0.5, 0.6) is 0 Å². The van der Waals surface area contributed by atoms with Crippen molar-refractivity contribution in [3.8, 4) is 0 Å². The Labute approximate surface area is 167 Å². The average molecular weight is 412 g/mol. The van der Waals surface area contributed by atoms with Gasteiger partial charge < -0.3 is 19.3 Å². The van der Waals surface area contributed by atoms with Gasteiger partial charge in [-0.3, -0.25) is 4.79 Å². The van der Waals surface area contributed by atoms with Crippen LogP contribution in [0.3, 0.4) is 0 Å². The molecule has 9 heteroatoms. The Hall–Kier alpha value is -1.68. The summed E-state index contributed by atoms with van der Waals surface area (Å²) in [4.78, 5) is 17.0. The number of hydrogen-bond acceptors (Lipinski definition) is 6. The fourth-order valence-corrected chi connectivity index (χ4v) is 5.68. The van der Waals surface area contributed by atoms with E-state index in [9.17, 15) is 13.2 Å². The van der Waals surface area contributed by atoms with Gasteiger partial charge in [0.1, 0.15) is 10.9 Å². The number of hydrogen-bond donors (Lipinski definition) is 0. The van der Waals surface area contributed by atoms with Crippen molar-refractivity contribution in [3.05, 3.63) is 24.3 Å². The van der Waals surface area contributed by atoms with E-state index in [4.69, 9.17) is 9.47 Å². The highest BCUT2D eigenvalue weighted by atomic mass is 32.2. The Morgan fingerprint density at radius 1 is 1.18 bits per heavy atom. The Balaban J connectivity index is 1.97. The van der Waals surface area contributed by atoms with Crippen LogP contribution in [0.2, 0.25) is 0 Å². The number of fused-ring (bicyclic) bond motifs is 3. The van der Waals surface area contributed by atoms with Gasteiger partial charge in [-0.15, -0.1) is 0 Å². The molecule has 0 spiro atoms. The SMILES string of the molecule is COCCN(C)C(=O)[C@@H]1CC[C@H]2CN(CCOC)S(=O)(=O)c3ccccc3N21. The van der Waals surface area contributed by atoms with E-state index in [-0.39, 0.29) is 22.9 Å². The van der Waals surface area contributed by atoms with Gasteiger partial charge >= 0.3 is 0 Å². The number of amides is 1. The molecule has 0 radical (unpaired) electrons. The quantitative estimate of drug-likeness (QED) is 0.660. The van der Waals surface area contributed by atoms with Gasteiger partial charge in [0.25, 0.3) is 0 Å². The van der Waals surface area contributed by atoms with Crippen LogP contribution in [0.25, 0.3) is 0 Å². The van der Waals surface area contributed by atoms with Gasteiger partial charge in [-0.1, -0.05) is 12.1 Å². The maximum Gasteiger partial charge on any atom is 0.245 e. The molecule has 8 nitrogen and oxygen atoms in total. The van der Waals surface area contributed by atoms with E-state index < -0.39 is 10.0 Å². The second-order valence-corrected chi connectivity index (χ2v) is 9.14. The van der Waals surface area contributed by atoms with E-state index in [1.54, 1.807) is 44.4 Å². The second-order valence-electron chi connectivity index (χ2n) is 7.23. The smallest absolute Gasteiger partial charge is 0.245 e. The Kier molecular flexibility index (Phi) is 6.59. The standard InChI is InChI=1S/C19H29N3O5S/c1-20(10-12-26-2)19(23)17-9-8-15-14-21(11-13-27-3)28(24,25)18-7-5-4-6-16(18)22(15)17/h4-7,15,17H,8-14H2,1-3H3/t15-,17-/m0/s1. The third-order valence-electron chi connectivity index (χ3n) is 5.52. The number of carbonyl (C=O) groups is 1. The lowest BCUT2D eigenvalue weighted by molar-refractivity contribution is -0.131. The summed E-state index contributed by atoms with van der Waals surface area (Å²) in [6.45, 7) is 1.95. The molecule has 2 atom stereocenters. The maximum absolute atomic E-state index is 13.2. The van der Waals surface area contributed by atoms with Crippen molar-refractivity contribution in [2.45, 2.75) is 29.8 Å². The van der Waals surface area contributed by atoms with Crippen LogP contribution in [-0.2, 0) is 24.3 Å². The summed E-state index contributed by atoms with van der Waals surface area (Å²) in [7, 11) is 1.28. The van der Waals surface area contributed by atoms with E-state index in [0.29, 0.717) is 45.0 Å². The fourth-order valence-electron chi connectivity index (χ4n) is 4.03. The number of para-hydroxylation sites is 1. The Morgan fingerprint density at radius 3 is 2.61 bits per heavy atom. The molecular weight excluding hydrogens is 382 g/mol. The van der Waals surface area contributed by atoms with Gasteiger partial charge in [0, 0.05) is 46.9 Å². The highest BCUT2D eigenvalue weighted by molar-refractivity contribution is 7.89. The number of methoxy groups -OCH3 is 2. The number of likely N-dealkylation sites (N-methyl/N-ethyl adjacent to an activating group) is 1. The van der Waals surface area contributed by atoms with E-state index in [0.717, 1.165) is 6.42 Å². The molecule has 28 heavy (non-hydrogen) atoms. The topological polar surface area (TPSA) is 79.4 Å². The predicted octanol–water partition coefficient (Wildman–Crippen LogP) is 0.780. The number of anilines is 1. The molecule has 0 aromatic heterocycles. The van der Waals surface area contributed by atoms with Gasteiger partial charge in [0.15, 0.2) is 0 Å². The molecule has 0 N–H and O–H groups in total. The van der Waals surface area contributed by atoms with Crippen molar-refractivity contribution < 1.29 is 22.7 Å². The van der Waals surface area contributed by atoms with Gasteiger partial charge in [-0.25, -0.2) is 8.42 Å². The van der Waals surface area contributed by atoms with Crippen molar-refractivity contribution in [2.75, 3.05) is 59.0 Å². The normalized spacial score (nSPS) is 23.8. The number of nitrogens with zero attached hydrogens (tertiary/aromatic N) is 3. The molecule has 3 rings (SSSR count). The van der Waals surface area contributed by atoms with E-state index >= 15 is 0 Å². The molecule has 156 valence electrons. The summed E-state index contributed by atoms with van der Waals surface area (Å²) in [5, 5.41) is 0. The van der Waals surface area contributed by atoms with Gasteiger partial charge in [0.05, 0.1) is 18.9 Å². The van der Waals surface area contributed by atoms with Crippen LogP contribution in [0, 0.1) is 0 Å². The van der Waals surface area contributed by atoms with Crippen molar-refractivity contribution in [3.63, 3.8) is 0 Å². The number of carbonyl (C=O) groups excluding carboxylic acids is 1. The zero-order valence-corrected chi connectivity index (χ0v) is 17.5. The first-order valence-electron chi connectivity index (χ1n) is 9.52. The molecule has 2 aliphatic heterocycles. The zero-order chi connectivity index (χ0) is 20.3. The van der Waals surface area contributed by atoms with E-state index in [2.05, 4.69) is 0 Å². The Morgan fingerprint density at radius 2 is 1.89 bits per heavy atom. The molecule has 0 unspecified atom stereocenters. The summed E-state index contributed by atoms with van der Waals surface area (Å²) in [6, 6.07) is 6.57. The minimum absolute atomic E-state index is 0.00269. The third kappa shape index (κ3) is 3.89. The van der Waals surface area contributed by atoms with Crippen LogP contribution in [0.1, 0.15) is 12.8 Å². The van der Waals surface area contributed by atoms with Gasteiger partial charge in [-0.05, 0) is 25.0 Å². The molecule has 0 bridgehead atoms. The monoisotopic (exact) mass is 411 g/mol. The predicted molar refractivity (Wildman–Crippen MR) is 106 cm³/mol. The first-order chi connectivity index (χ1) is 13.4. The minimum Gasteiger partial charge on any atom is -0.383 e. The Bertz CT molecular complexity index is 801.